The number of para-hydroxylation sites is 2. The van der Waals surface area contributed by atoms with Gasteiger partial charge < -0.3 is 14.6 Å². The summed E-state index contributed by atoms with van der Waals surface area (Å²) in [5.41, 5.74) is 4.02. The minimum absolute atomic E-state index is 0.0159. The molecule has 6 nitrogen and oxygen atoms in total. The predicted molar refractivity (Wildman–Crippen MR) is 90.9 cm³/mol. The first-order chi connectivity index (χ1) is 11.7. The van der Waals surface area contributed by atoms with Crippen LogP contribution < -0.4 is 10.1 Å². The lowest BCUT2D eigenvalue weighted by Crippen LogP contribution is -2.22. The van der Waals surface area contributed by atoms with E-state index in [9.17, 15) is 10.1 Å². The van der Waals surface area contributed by atoms with E-state index in [2.05, 4.69) is 16.0 Å². The highest BCUT2D eigenvalue weighted by Gasteiger charge is 2.27. The zero-order valence-corrected chi connectivity index (χ0v) is 13.0. The van der Waals surface area contributed by atoms with Crippen molar-refractivity contribution in [3.8, 4) is 11.4 Å². The lowest BCUT2D eigenvalue weighted by atomic mass is 9.99. The number of fused-ring (bicyclic) bond motifs is 3. The molecule has 4 rings (SSSR count). The molecule has 0 saturated heterocycles. The summed E-state index contributed by atoms with van der Waals surface area (Å²) in [6.45, 7) is 0. The molecule has 0 bridgehead atoms. The Balaban J connectivity index is 1.86. The molecule has 2 aromatic carbocycles. The minimum atomic E-state index is -0.418. The van der Waals surface area contributed by atoms with Gasteiger partial charge in [0.1, 0.15) is 5.75 Å². The molecule has 2 heterocycles. The Morgan fingerprint density at radius 1 is 1.17 bits per heavy atom. The number of benzene rings is 2. The van der Waals surface area contributed by atoms with E-state index in [4.69, 9.17) is 4.74 Å². The van der Waals surface area contributed by atoms with Crippen LogP contribution in [0.4, 0.5) is 11.4 Å². The van der Waals surface area contributed by atoms with Crippen molar-refractivity contribution in [2.45, 2.75) is 6.04 Å². The first-order valence-corrected chi connectivity index (χ1v) is 7.54. The Labute approximate surface area is 138 Å². The number of hydrogen-bond donors (Lipinski definition) is 1. The topological polar surface area (TPSA) is 69.3 Å². The third-order valence-corrected chi connectivity index (χ3v) is 4.28. The number of nitro benzene ring substituents is 1. The molecular weight excluding hydrogens is 306 g/mol. The number of aromatic nitrogens is 1. The van der Waals surface area contributed by atoms with Crippen molar-refractivity contribution in [1.82, 2.24) is 4.57 Å². The SMILES string of the molecule is COc1cc([N+](=O)[O-])ccc1C1Nc2ccccc2-n2cccc21. The summed E-state index contributed by atoms with van der Waals surface area (Å²) < 4.78 is 7.54. The van der Waals surface area contributed by atoms with Gasteiger partial charge in [0.15, 0.2) is 0 Å². The predicted octanol–water partition coefficient (Wildman–Crippen LogP) is 3.91. The maximum Gasteiger partial charge on any atom is 0.273 e. The van der Waals surface area contributed by atoms with Crippen LogP contribution in [0.15, 0.2) is 60.8 Å². The Hall–Kier alpha value is -3.28. The van der Waals surface area contributed by atoms with E-state index in [0.717, 1.165) is 22.6 Å². The second-order valence-corrected chi connectivity index (χ2v) is 5.58. The van der Waals surface area contributed by atoms with Crippen molar-refractivity contribution in [3.63, 3.8) is 0 Å². The molecule has 1 N–H and O–H groups in total. The Bertz CT molecular complexity index is 933. The average molecular weight is 321 g/mol. The summed E-state index contributed by atoms with van der Waals surface area (Å²) in [6, 6.07) is 16.6. The van der Waals surface area contributed by atoms with Crippen molar-refractivity contribution in [2.75, 3.05) is 12.4 Å². The molecule has 24 heavy (non-hydrogen) atoms. The van der Waals surface area contributed by atoms with Gasteiger partial charge >= 0.3 is 0 Å². The van der Waals surface area contributed by atoms with Crippen LogP contribution >= 0.6 is 0 Å². The highest BCUT2D eigenvalue weighted by atomic mass is 16.6. The largest absolute Gasteiger partial charge is 0.496 e. The maximum absolute atomic E-state index is 11.0. The second kappa shape index (κ2) is 5.42. The van der Waals surface area contributed by atoms with Gasteiger partial charge in [0, 0.05) is 23.5 Å². The van der Waals surface area contributed by atoms with Crippen LogP contribution in [0.25, 0.3) is 5.69 Å². The molecule has 0 spiro atoms. The monoisotopic (exact) mass is 321 g/mol. The Morgan fingerprint density at radius 3 is 2.79 bits per heavy atom. The Morgan fingerprint density at radius 2 is 2.00 bits per heavy atom. The van der Waals surface area contributed by atoms with Crippen LogP contribution in [-0.2, 0) is 0 Å². The summed E-state index contributed by atoms with van der Waals surface area (Å²) in [5.74, 6) is 0.494. The third kappa shape index (κ3) is 2.11. The van der Waals surface area contributed by atoms with E-state index >= 15 is 0 Å². The smallest absolute Gasteiger partial charge is 0.273 e. The third-order valence-electron chi connectivity index (χ3n) is 4.28. The molecule has 3 aromatic rings. The molecule has 1 aromatic heterocycles. The molecule has 1 unspecified atom stereocenters. The van der Waals surface area contributed by atoms with Gasteiger partial charge in [0.25, 0.3) is 5.69 Å². The lowest BCUT2D eigenvalue weighted by molar-refractivity contribution is -0.384. The minimum Gasteiger partial charge on any atom is -0.496 e. The number of non-ortho nitro benzene ring substituents is 1. The van der Waals surface area contributed by atoms with Crippen molar-refractivity contribution < 1.29 is 9.66 Å². The molecule has 0 fully saturated rings. The highest BCUT2D eigenvalue weighted by molar-refractivity contribution is 5.67. The number of hydrogen-bond acceptors (Lipinski definition) is 4. The fraction of sp³-hybridized carbons (Fsp3) is 0.111. The molecule has 120 valence electrons. The van der Waals surface area contributed by atoms with Crippen molar-refractivity contribution in [2.24, 2.45) is 0 Å². The number of anilines is 1. The summed E-state index contributed by atoms with van der Waals surface area (Å²) in [7, 11) is 1.53. The first kappa shape index (κ1) is 14.3. The van der Waals surface area contributed by atoms with Gasteiger partial charge in [0.2, 0.25) is 0 Å². The molecule has 1 aliphatic heterocycles. The van der Waals surface area contributed by atoms with Gasteiger partial charge in [0.05, 0.1) is 35.5 Å². The summed E-state index contributed by atoms with van der Waals surface area (Å²) in [4.78, 5) is 10.6. The second-order valence-electron chi connectivity index (χ2n) is 5.58. The molecule has 0 amide bonds. The van der Waals surface area contributed by atoms with E-state index < -0.39 is 4.92 Å². The van der Waals surface area contributed by atoms with Crippen molar-refractivity contribution in [1.29, 1.82) is 0 Å². The standard InChI is InChI=1S/C18H15N3O3/c1-24-17-11-12(21(22)23)8-9-13(17)18-16-7-4-10-20(16)15-6-3-2-5-14(15)19-18/h2-11,18-19H,1H3. The van der Waals surface area contributed by atoms with Crippen molar-refractivity contribution in [3.05, 3.63) is 82.2 Å². The molecule has 1 aliphatic rings. The normalized spacial score (nSPS) is 15.1. The lowest BCUT2D eigenvalue weighted by Gasteiger charge is -2.30. The fourth-order valence-electron chi connectivity index (χ4n) is 3.17. The number of rotatable bonds is 3. The van der Waals surface area contributed by atoms with Gasteiger partial charge in [-0.3, -0.25) is 10.1 Å². The van der Waals surface area contributed by atoms with Crippen LogP contribution in [0.5, 0.6) is 5.75 Å². The van der Waals surface area contributed by atoms with Crippen LogP contribution in [0.2, 0.25) is 0 Å². The van der Waals surface area contributed by atoms with Crippen LogP contribution in [0.3, 0.4) is 0 Å². The molecule has 0 saturated carbocycles. The van der Waals surface area contributed by atoms with E-state index in [1.165, 1.54) is 19.2 Å². The summed E-state index contributed by atoms with van der Waals surface area (Å²) in [5, 5.41) is 14.5. The number of ether oxygens (including phenoxy) is 1. The van der Waals surface area contributed by atoms with Gasteiger partial charge in [-0.25, -0.2) is 0 Å². The van der Waals surface area contributed by atoms with Crippen LogP contribution in [0.1, 0.15) is 17.3 Å². The van der Waals surface area contributed by atoms with Gasteiger partial charge in [-0.2, -0.15) is 0 Å². The fourth-order valence-corrected chi connectivity index (χ4v) is 3.17. The number of nitrogens with one attached hydrogen (secondary N) is 1. The Kier molecular flexibility index (Phi) is 3.23. The van der Waals surface area contributed by atoms with E-state index in [1.54, 1.807) is 6.07 Å². The summed E-state index contributed by atoms with van der Waals surface area (Å²) in [6.07, 6.45) is 2.01. The molecule has 6 heteroatoms. The van der Waals surface area contributed by atoms with E-state index in [1.807, 2.05) is 36.5 Å². The van der Waals surface area contributed by atoms with Crippen molar-refractivity contribution >= 4 is 11.4 Å². The number of nitro groups is 1. The van der Waals surface area contributed by atoms with Gasteiger partial charge in [-0.1, -0.05) is 12.1 Å². The maximum atomic E-state index is 11.0. The highest BCUT2D eigenvalue weighted by Crippen LogP contribution is 2.40. The first-order valence-electron chi connectivity index (χ1n) is 7.54. The quantitative estimate of drug-likeness (QED) is 0.586. The molecule has 0 aliphatic carbocycles. The van der Waals surface area contributed by atoms with Crippen LogP contribution in [-0.4, -0.2) is 16.6 Å². The molecule has 0 radical (unpaired) electrons. The van der Waals surface area contributed by atoms with E-state index in [0.29, 0.717) is 5.75 Å². The molecule has 1 atom stereocenters. The zero-order chi connectivity index (χ0) is 16.7. The zero-order valence-electron chi connectivity index (χ0n) is 13.0. The summed E-state index contributed by atoms with van der Waals surface area (Å²) >= 11 is 0. The average Bonchev–Trinajstić information content (AvgIpc) is 3.10. The number of methoxy groups -OCH3 is 1. The molecular formula is C18H15N3O3. The van der Waals surface area contributed by atoms with Gasteiger partial charge in [-0.15, -0.1) is 0 Å². The van der Waals surface area contributed by atoms with Gasteiger partial charge in [-0.05, 0) is 30.3 Å². The van der Waals surface area contributed by atoms with E-state index in [-0.39, 0.29) is 11.7 Å². The number of nitrogens with zero attached hydrogens (tertiary/aromatic N) is 2. The van der Waals surface area contributed by atoms with Crippen LogP contribution in [0, 0.1) is 10.1 Å².